The van der Waals surface area contributed by atoms with E-state index in [2.05, 4.69) is 0 Å². The fourth-order valence-corrected chi connectivity index (χ4v) is 2.52. The Balaban J connectivity index is 2.10. The molecule has 0 saturated carbocycles. The summed E-state index contributed by atoms with van der Waals surface area (Å²) in [5.74, 6) is -0.340. The minimum Gasteiger partial charge on any atom is -0.368 e. The molecule has 1 aliphatic carbocycles. The summed E-state index contributed by atoms with van der Waals surface area (Å²) in [5.41, 5.74) is 6.21. The SMILES string of the molecule is NC(=O)C1CCCCN1C(=O)C1=CCCC1. The lowest BCUT2D eigenvalue weighted by molar-refractivity contribution is -0.138. The number of piperidine rings is 1. The molecule has 2 aliphatic rings. The fraction of sp³-hybridized carbons (Fsp3) is 0.667. The number of rotatable bonds is 2. The number of primary amides is 1. The highest BCUT2D eigenvalue weighted by molar-refractivity contribution is 5.97. The van der Waals surface area contributed by atoms with Gasteiger partial charge in [0, 0.05) is 12.1 Å². The van der Waals surface area contributed by atoms with Crippen LogP contribution in [0.25, 0.3) is 0 Å². The molecule has 88 valence electrons. The number of likely N-dealkylation sites (tertiary alicyclic amines) is 1. The van der Waals surface area contributed by atoms with Crippen molar-refractivity contribution < 1.29 is 9.59 Å². The number of hydrogen-bond acceptors (Lipinski definition) is 2. The van der Waals surface area contributed by atoms with Gasteiger partial charge in [-0.25, -0.2) is 0 Å². The van der Waals surface area contributed by atoms with Crippen LogP contribution in [-0.2, 0) is 9.59 Å². The summed E-state index contributed by atoms with van der Waals surface area (Å²) in [6.07, 6.45) is 7.55. The van der Waals surface area contributed by atoms with Gasteiger partial charge in [0.05, 0.1) is 0 Å². The van der Waals surface area contributed by atoms with Crippen LogP contribution >= 0.6 is 0 Å². The Kier molecular flexibility index (Phi) is 3.27. The van der Waals surface area contributed by atoms with Crippen molar-refractivity contribution in [3.8, 4) is 0 Å². The smallest absolute Gasteiger partial charge is 0.250 e. The molecular weight excluding hydrogens is 204 g/mol. The Bertz CT molecular complexity index is 336. The van der Waals surface area contributed by atoms with E-state index in [9.17, 15) is 9.59 Å². The van der Waals surface area contributed by atoms with Gasteiger partial charge in [-0.2, -0.15) is 0 Å². The third kappa shape index (κ3) is 2.10. The average molecular weight is 222 g/mol. The van der Waals surface area contributed by atoms with Crippen molar-refractivity contribution in [3.05, 3.63) is 11.6 Å². The van der Waals surface area contributed by atoms with Gasteiger partial charge in [-0.05, 0) is 38.5 Å². The van der Waals surface area contributed by atoms with Crippen LogP contribution in [0.3, 0.4) is 0 Å². The van der Waals surface area contributed by atoms with E-state index in [4.69, 9.17) is 5.73 Å². The van der Waals surface area contributed by atoms with Crippen molar-refractivity contribution in [1.29, 1.82) is 0 Å². The zero-order valence-corrected chi connectivity index (χ0v) is 9.45. The molecule has 1 aliphatic heterocycles. The molecule has 1 unspecified atom stereocenters. The van der Waals surface area contributed by atoms with Crippen LogP contribution < -0.4 is 5.73 Å². The number of carbonyl (C=O) groups is 2. The summed E-state index contributed by atoms with van der Waals surface area (Å²) < 4.78 is 0. The van der Waals surface area contributed by atoms with Gasteiger partial charge in [0.1, 0.15) is 6.04 Å². The molecule has 16 heavy (non-hydrogen) atoms. The second kappa shape index (κ2) is 4.68. The Hall–Kier alpha value is -1.32. The maximum Gasteiger partial charge on any atom is 0.250 e. The Morgan fingerprint density at radius 2 is 2.12 bits per heavy atom. The third-order valence-corrected chi connectivity index (χ3v) is 3.41. The van der Waals surface area contributed by atoms with Crippen LogP contribution in [0.5, 0.6) is 0 Å². The summed E-state index contributed by atoms with van der Waals surface area (Å²) in [6.45, 7) is 0.670. The first-order chi connectivity index (χ1) is 7.70. The maximum atomic E-state index is 12.2. The molecule has 0 bridgehead atoms. The second-order valence-electron chi connectivity index (χ2n) is 4.53. The molecule has 1 saturated heterocycles. The average Bonchev–Trinajstić information content (AvgIpc) is 2.81. The van der Waals surface area contributed by atoms with E-state index in [1.807, 2.05) is 6.08 Å². The third-order valence-electron chi connectivity index (χ3n) is 3.41. The molecule has 1 fully saturated rings. The molecule has 2 N–H and O–H groups in total. The van der Waals surface area contributed by atoms with Crippen molar-refractivity contribution >= 4 is 11.8 Å². The lowest BCUT2D eigenvalue weighted by Crippen LogP contribution is -2.50. The van der Waals surface area contributed by atoms with Crippen LogP contribution in [0.2, 0.25) is 0 Å². The number of nitrogens with two attached hydrogens (primary N) is 1. The van der Waals surface area contributed by atoms with E-state index < -0.39 is 0 Å². The van der Waals surface area contributed by atoms with Gasteiger partial charge in [-0.15, -0.1) is 0 Å². The first-order valence-electron chi connectivity index (χ1n) is 5.99. The Morgan fingerprint density at radius 1 is 1.31 bits per heavy atom. The van der Waals surface area contributed by atoms with E-state index in [-0.39, 0.29) is 17.9 Å². The first-order valence-corrected chi connectivity index (χ1v) is 5.99. The summed E-state index contributed by atoms with van der Waals surface area (Å²) in [5, 5.41) is 0. The number of hydrogen-bond donors (Lipinski definition) is 1. The van der Waals surface area contributed by atoms with E-state index in [1.54, 1.807) is 4.90 Å². The topological polar surface area (TPSA) is 63.4 Å². The normalized spacial score (nSPS) is 25.4. The van der Waals surface area contributed by atoms with Gasteiger partial charge < -0.3 is 10.6 Å². The predicted molar refractivity (Wildman–Crippen MR) is 60.5 cm³/mol. The monoisotopic (exact) mass is 222 g/mol. The largest absolute Gasteiger partial charge is 0.368 e. The standard InChI is InChI=1S/C12H18N2O2/c13-11(15)10-7-3-4-8-14(10)12(16)9-5-1-2-6-9/h5,10H,1-4,6-8H2,(H2,13,15). The molecule has 0 spiro atoms. The van der Waals surface area contributed by atoms with Crippen molar-refractivity contribution in [1.82, 2.24) is 4.90 Å². The van der Waals surface area contributed by atoms with Gasteiger partial charge in [-0.1, -0.05) is 6.08 Å². The summed E-state index contributed by atoms with van der Waals surface area (Å²) >= 11 is 0. The highest BCUT2D eigenvalue weighted by Gasteiger charge is 2.32. The number of carbonyl (C=O) groups excluding carboxylic acids is 2. The van der Waals surface area contributed by atoms with E-state index >= 15 is 0 Å². The summed E-state index contributed by atoms with van der Waals surface area (Å²) in [7, 11) is 0. The highest BCUT2D eigenvalue weighted by atomic mass is 16.2. The highest BCUT2D eigenvalue weighted by Crippen LogP contribution is 2.24. The van der Waals surface area contributed by atoms with Crippen LogP contribution in [0.4, 0.5) is 0 Å². The van der Waals surface area contributed by atoms with Crippen LogP contribution in [0, 0.1) is 0 Å². The molecule has 2 amide bonds. The maximum absolute atomic E-state index is 12.2. The first kappa shape index (κ1) is 11.2. The van der Waals surface area contributed by atoms with Gasteiger partial charge in [0.2, 0.25) is 11.8 Å². The van der Waals surface area contributed by atoms with Gasteiger partial charge >= 0.3 is 0 Å². The molecule has 1 heterocycles. The predicted octanol–water partition coefficient (Wildman–Crippen LogP) is 0.963. The number of allylic oxidation sites excluding steroid dienone is 1. The van der Waals surface area contributed by atoms with Crippen LogP contribution in [0.1, 0.15) is 38.5 Å². The molecular formula is C12H18N2O2. The summed E-state index contributed by atoms with van der Waals surface area (Å²) in [4.78, 5) is 25.1. The van der Waals surface area contributed by atoms with Crippen molar-refractivity contribution in [2.45, 2.75) is 44.6 Å². The molecule has 4 nitrogen and oxygen atoms in total. The Morgan fingerprint density at radius 3 is 2.75 bits per heavy atom. The Labute approximate surface area is 95.5 Å². The summed E-state index contributed by atoms with van der Waals surface area (Å²) in [6, 6.07) is -0.386. The van der Waals surface area contributed by atoms with Gasteiger partial charge in [0.25, 0.3) is 0 Å². The molecule has 2 rings (SSSR count). The molecule has 0 radical (unpaired) electrons. The second-order valence-corrected chi connectivity index (χ2v) is 4.53. The zero-order chi connectivity index (χ0) is 11.5. The van der Waals surface area contributed by atoms with Gasteiger partial charge in [0.15, 0.2) is 0 Å². The lowest BCUT2D eigenvalue weighted by atomic mass is 10.00. The van der Waals surface area contributed by atoms with Crippen molar-refractivity contribution in [2.75, 3.05) is 6.54 Å². The van der Waals surface area contributed by atoms with Crippen LogP contribution in [0.15, 0.2) is 11.6 Å². The minimum absolute atomic E-state index is 0.0287. The quantitative estimate of drug-likeness (QED) is 0.756. The molecule has 1 atom stereocenters. The van der Waals surface area contributed by atoms with Crippen LogP contribution in [-0.4, -0.2) is 29.3 Å². The lowest BCUT2D eigenvalue weighted by Gasteiger charge is -2.34. The van der Waals surface area contributed by atoms with E-state index in [0.29, 0.717) is 13.0 Å². The molecule has 4 heteroatoms. The van der Waals surface area contributed by atoms with E-state index in [0.717, 1.165) is 37.7 Å². The van der Waals surface area contributed by atoms with Crippen molar-refractivity contribution in [3.63, 3.8) is 0 Å². The minimum atomic E-state index is -0.386. The van der Waals surface area contributed by atoms with E-state index in [1.165, 1.54) is 0 Å². The zero-order valence-electron chi connectivity index (χ0n) is 9.45. The van der Waals surface area contributed by atoms with Crippen molar-refractivity contribution in [2.24, 2.45) is 5.73 Å². The van der Waals surface area contributed by atoms with Gasteiger partial charge in [-0.3, -0.25) is 9.59 Å². The number of nitrogens with zero attached hydrogens (tertiary/aromatic N) is 1. The molecule has 0 aromatic heterocycles. The fourth-order valence-electron chi connectivity index (χ4n) is 2.52. The molecule has 0 aromatic carbocycles. The number of amides is 2. The molecule has 0 aromatic rings.